The van der Waals surface area contributed by atoms with Crippen LogP contribution in [0.15, 0.2) is 0 Å². The van der Waals surface area contributed by atoms with Crippen molar-refractivity contribution in [2.75, 3.05) is 6.54 Å². The molecule has 0 aromatic heterocycles. The molecule has 0 unspecified atom stereocenters. The largest absolute Gasteiger partial charge is 0.490 e. The number of halogens is 3. The second-order valence-corrected chi connectivity index (χ2v) is 12.0. The number of aliphatic carboxylic acids is 1. The zero-order valence-electron chi connectivity index (χ0n) is 25.3. The maximum atomic E-state index is 12.7. The number of nitrogens with two attached hydrogens (primary N) is 1. The van der Waals surface area contributed by atoms with Gasteiger partial charge in [-0.25, -0.2) is 19.2 Å². The molecule has 240 valence electrons. The van der Waals surface area contributed by atoms with Crippen LogP contribution < -0.4 is 16.4 Å². The summed E-state index contributed by atoms with van der Waals surface area (Å²) in [7, 11) is 0. The molecule has 0 rings (SSSR count). The van der Waals surface area contributed by atoms with Crippen molar-refractivity contribution in [2.24, 2.45) is 5.73 Å². The highest BCUT2D eigenvalue weighted by Gasteiger charge is 2.38. The van der Waals surface area contributed by atoms with Gasteiger partial charge in [0, 0.05) is 6.42 Å². The van der Waals surface area contributed by atoms with Gasteiger partial charge in [-0.05, 0) is 94.5 Å². The van der Waals surface area contributed by atoms with Gasteiger partial charge in [-0.3, -0.25) is 4.79 Å². The van der Waals surface area contributed by atoms with Gasteiger partial charge in [0.1, 0.15) is 28.9 Å². The quantitative estimate of drug-likeness (QED) is 0.155. The first-order chi connectivity index (χ1) is 18.3. The SMILES string of the molecule is CC(C)(C)OC(=O)CC[C@H](NC(=O)N[C@@H](CCCCN)C(=O)OC(C)(C)C)C(=O)OC(C)(C)C.O=C(O)C(F)(F)F. The molecule has 0 saturated carbocycles. The van der Waals surface area contributed by atoms with Gasteiger partial charge in [0.05, 0.1) is 0 Å². The summed E-state index contributed by atoms with van der Waals surface area (Å²) in [5, 5.41) is 12.2. The molecule has 0 spiro atoms. The van der Waals surface area contributed by atoms with E-state index >= 15 is 0 Å². The highest BCUT2D eigenvalue weighted by molar-refractivity contribution is 5.87. The number of rotatable bonds is 11. The van der Waals surface area contributed by atoms with Gasteiger partial charge in [-0.15, -0.1) is 0 Å². The Labute approximate surface area is 239 Å². The Morgan fingerprint density at radius 2 is 1.07 bits per heavy atom. The van der Waals surface area contributed by atoms with Crippen LogP contribution in [0.5, 0.6) is 0 Å². The van der Waals surface area contributed by atoms with Crippen LogP contribution in [0.3, 0.4) is 0 Å². The third kappa shape index (κ3) is 23.3. The van der Waals surface area contributed by atoms with Gasteiger partial charge in [0.25, 0.3) is 0 Å². The number of carboxylic acid groups (broad SMARTS) is 1. The van der Waals surface area contributed by atoms with E-state index in [0.717, 1.165) is 0 Å². The summed E-state index contributed by atoms with van der Waals surface area (Å²) in [4.78, 5) is 59.0. The smallest absolute Gasteiger partial charge is 0.475 e. The summed E-state index contributed by atoms with van der Waals surface area (Å²) in [6.07, 6.45) is -3.60. The van der Waals surface area contributed by atoms with Gasteiger partial charge in [-0.2, -0.15) is 13.2 Å². The standard InChI is InChI=1S/C24H45N3O7.C2HF3O2/c1-22(2,3)32-18(28)14-13-17(20(30)34-24(7,8)9)27-21(31)26-16(12-10-11-15-25)19(29)33-23(4,5)6;3-2(4,5)1(6)7/h16-17H,10-15,25H2,1-9H3,(H2,26,27,31);(H,6,7)/t16-,17-;/m0./s1. The van der Waals surface area contributed by atoms with Crippen molar-refractivity contribution in [1.82, 2.24) is 10.6 Å². The molecule has 5 N–H and O–H groups in total. The van der Waals surface area contributed by atoms with E-state index < -0.39 is 65.0 Å². The number of ether oxygens (including phenoxy) is 3. The average Bonchev–Trinajstić information content (AvgIpc) is 2.72. The van der Waals surface area contributed by atoms with Crippen molar-refractivity contribution < 1.29 is 56.5 Å². The minimum absolute atomic E-state index is 0.0263. The van der Waals surface area contributed by atoms with Crippen molar-refractivity contribution in [3.63, 3.8) is 0 Å². The zero-order chi connectivity index (χ0) is 32.8. The average molecular weight is 602 g/mol. The molecule has 41 heavy (non-hydrogen) atoms. The van der Waals surface area contributed by atoms with Crippen molar-refractivity contribution >= 4 is 29.9 Å². The molecule has 0 heterocycles. The summed E-state index contributed by atoms with van der Waals surface area (Å²) in [5.74, 6) is -4.53. The van der Waals surface area contributed by atoms with E-state index in [9.17, 15) is 32.3 Å². The van der Waals surface area contributed by atoms with Crippen LogP contribution in [0.2, 0.25) is 0 Å². The second-order valence-electron chi connectivity index (χ2n) is 12.0. The predicted molar refractivity (Wildman–Crippen MR) is 143 cm³/mol. The zero-order valence-corrected chi connectivity index (χ0v) is 25.3. The molecule has 0 fully saturated rings. The summed E-state index contributed by atoms with van der Waals surface area (Å²) in [6, 6.07) is -2.78. The summed E-state index contributed by atoms with van der Waals surface area (Å²) >= 11 is 0. The molecule has 0 aromatic carbocycles. The van der Waals surface area contributed by atoms with Gasteiger partial charge < -0.3 is 35.7 Å². The topological polar surface area (TPSA) is 183 Å². The molecule has 0 aliphatic rings. The lowest BCUT2D eigenvalue weighted by Gasteiger charge is -2.27. The van der Waals surface area contributed by atoms with E-state index in [-0.39, 0.29) is 12.8 Å². The van der Waals surface area contributed by atoms with E-state index in [1.54, 1.807) is 62.3 Å². The van der Waals surface area contributed by atoms with Crippen LogP contribution in [0.25, 0.3) is 0 Å². The van der Waals surface area contributed by atoms with E-state index in [1.165, 1.54) is 0 Å². The minimum atomic E-state index is -5.08. The number of alkyl halides is 3. The van der Waals surface area contributed by atoms with Crippen molar-refractivity contribution in [2.45, 2.75) is 129 Å². The third-order valence-electron chi connectivity index (χ3n) is 4.24. The minimum Gasteiger partial charge on any atom is -0.475 e. The van der Waals surface area contributed by atoms with Crippen molar-refractivity contribution in [1.29, 1.82) is 0 Å². The fourth-order valence-corrected chi connectivity index (χ4v) is 2.75. The molecular formula is C26H46F3N3O9. The number of carbonyl (C=O) groups is 5. The van der Waals surface area contributed by atoms with Gasteiger partial charge >= 0.3 is 36.1 Å². The number of carboxylic acids is 1. The van der Waals surface area contributed by atoms with Crippen LogP contribution >= 0.6 is 0 Å². The molecular weight excluding hydrogens is 555 g/mol. The third-order valence-corrected chi connectivity index (χ3v) is 4.24. The van der Waals surface area contributed by atoms with Crippen molar-refractivity contribution in [3.8, 4) is 0 Å². The number of unbranched alkanes of at least 4 members (excludes halogenated alkanes) is 1. The highest BCUT2D eigenvalue weighted by atomic mass is 19.4. The number of carbonyl (C=O) groups excluding carboxylic acids is 4. The van der Waals surface area contributed by atoms with Gasteiger partial charge in [-0.1, -0.05) is 0 Å². The van der Waals surface area contributed by atoms with Crippen LogP contribution in [0, 0.1) is 0 Å². The molecule has 0 aliphatic heterocycles. The number of esters is 3. The Bertz CT molecular complexity index is 875. The summed E-state index contributed by atoms with van der Waals surface area (Å²) in [5.41, 5.74) is 3.34. The highest BCUT2D eigenvalue weighted by Crippen LogP contribution is 2.15. The monoisotopic (exact) mass is 601 g/mol. The Balaban J connectivity index is 0. The summed E-state index contributed by atoms with van der Waals surface area (Å²) in [6.45, 7) is 16.0. The van der Waals surface area contributed by atoms with E-state index in [1.807, 2.05) is 0 Å². The van der Waals surface area contributed by atoms with E-state index in [4.69, 9.17) is 29.8 Å². The Morgan fingerprint density at radius 3 is 1.39 bits per heavy atom. The lowest BCUT2D eigenvalue weighted by atomic mass is 10.1. The molecule has 12 nitrogen and oxygen atoms in total. The fraction of sp³-hybridized carbons (Fsp3) is 0.808. The number of amides is 2. The van der Waals surface area contributed by atoms with E-state index in [0.29, 0.717) is 25.8 Å². The Hall–Kier alpha value is -3.10. The van der Waals surface area contributed by atoms with Crippen molar-refractivity contribution in [3.05, 3.63) is 0 Å². The molecule has 0 saturated heterocycles. The van der Waals surface area contributed by atoms with Crippen LogP contribution in [0.1, 0.15) is 94.4 Å². The molecule has 0 aromatic rings. The lowest BCUT2D eigenvalue weighted by Crippen LogP contribution is -2.53. The second kappa shape index (κ2) is 17.0. The molecule has 0 bridgehead atoms. The lowest BCUT2D eigenvalue weighted by molar-refractivity contribution is -0.192. The molecule has 2 atom stereocenters. The molecule has 0 radical (unpaired) electrons. The Kier molecular flexibility index (Phi) is 16.6. The number of nitrogens with one attached hydrogen (secondary N) is 2. The maximum Gasteiger partial charge on any atom is 0.490 e. The van der Waals surface area contributed by atoms with Crippen LogP contribution in [-0.4, -0.2) is 76.6 Å². The van der Waals surface area contributed by atoms with E-state index in [2.05, 4.69) is 10.6 Å². The first-order valence-corrected chi connectivity index (χ1v) is 13.0. The van der Waals surface area contributed by atoms with Gasteiger partial charge in [0.15, 0.2) is 0 Å². The predicted octanol–water partition coefficient (Wildman–Crippen LogP) is 3.59. The Morgan fingerprint density at radius 1 is 0.707 bits per heavy atom. The maximum absolute atomic E-state index is 12.7. The van der Waals surface area contributed by atoms with Gasteiger partial charge in [0.2, 0.25) is 0 Å². The molecule has 0 aliphatic carbocycles. The molecule has 15 heteroatoms. The molecule has 2 amide bonds. The number of hydrogen-bond acceptors (Lipinski definition) is 9. The van der Waals surface area contributed by atoms with Crippen LogP contribution in [0.4, 0.5) is 18.0 Å². The van der Waals surface area contributed by atoms with Crippen LogP contribution in [-0.2, 0) is 33.4 Å². The first kappa shape index (κ1) is 40.0. The number of hydrogen-bond donors (Lipinski definition) is 4. The normalized spacial score (nSPS) is 13.5. The number of urea groups is 1. The first-order valence-electron chi connectivity index (χ1n) is 13.0. The summed E-state index contributed by atoms with van der Waals surface area (Å²) < 4.78 is 47.8. The fourth-order valence-electron chi connectivity index (χ4n) is 2.75.